The summed E-state index contributed by atoms with van der Waals surface area (Å²) >= 11 is 0. The highest BCUT2D eigenvalue weighted by atomic mass is 16.1. The summed E-state index contributed by atoms with van der Waals surface area (Å²) in [6, 6.07) is 13.5. The maximum Gasteiger partial charge on any atom is 0.232 e. The summed E-state index contributed by atoms with van der Waals surface area (Å²) in [5.74, 6) is 0.404. The summed E-state index contributed by atoms with van der Waals surface area (Å²) in [4.78, 5) is 16.3. The Balaban J connectivity index is 2.12. The Kier molecular flexibility index (Phi) is 3.72. The maximum atomic E-state index is 12.1. The van der Waals surface area contributed by atoms with Gasteiger partial charge in [-0.2, -0.15) is 0 Å². The fourth-order valence-electron chi connectivity index (χ4n) is 1.73. The second-order valence-corrected chi connectivity index (χ2v) is 4.29. The van der Waals surface area contributed by atoms with Crippen molar-refractivity contribution in [2.75, 3.05) is 5.32 Å². The molecule has 3 nitrogen and oxygen atoms in total. The molecule has 1 aromatic carbocycles. The van der Waals surface area contributed by atoms with Crippen LogP contribution < -0.4 is 5.32 Å². The van der Waals surface area contributed by atoms with Gasteiger partial charge in [0.05, 0.1) is 5.92 Å². The van der Waals surface area contributed by atoms with E-state index in [9.17, 15) is 4.79 Å². The molecule has 3 heteroatoms. The van der Waals surface area contributed by atoms with Gasteiger partial charge in [0.25, 0.3) is 0 Å². The molecule has 0 aliphatic heterocycles. The minimum atomic E-state index is -0.187. The topological polar surface area (TPSA) is 42.0 Å². The van der Waals surface area contributed by atoms with Crippen LogP contribution >= 0.6 is 0 Å². The lowest BCUT2D eigenvalue weighted by Crippen LogP contribution is -2.20. The van der Waals surface area contributed by atoms with E-state index >= 15 is 0 Å². The quantitative estimate of drug-likeness (QED) is 0.895. The van der Waals surface area contributed by atoms with E-state index in [1.54, 1.807) is 6.20 Å². The van der Waals surface area contributed by atoms with Gasteiger partial charge in [0.1, 0.15) is 5.82 Å². The van der Waals surface area contributed by atoms with Crippen LogP contribution in [0.15, 0.2) is 48.7 Å². The predicted octanol–water partition coefficient (Wildman–Crippen LogP) is 3.13. The number of pyridine rings is 1. The number of carbonyl (C=O) groups is 1. The molecule has 1 atom stereocenters. The molecule has 1 N–H and O–H groups in total. The number of aromatic nitrogens is 1. The smallest absolute Gasteiger partial charge is 0.232 e. The summed E-state index contributed by atoms with van der Waals surface area (Å²) in [5, 5.41) is 2.86. The number of hydrogen-bond donors (Lipinski definition) is 1. The van der Waals surface area contributed by atoms with Crippen molar-refractivity contribution in [3.63, 3.8) is 0 Å². The Bertz CT molecular complexity index is 537. The average Bonchev–Trinajstić information content (AvgIpc) is 2.41. The molecule has 2 aromatic rings. The summed E-state index contributed by atoms with van der Waals surface area (Å²) in [5.41, 5.74) is 1.97. The molecule has 0 bridgehead atoms. The van der Waals surface area contributed by atoms with Gasteiger partial charge in [-0.3, -0.25) is 4.79 Å². The SMILES string of the molecule is Cc1cccnc1NC(=O)[C@H](C)c1ccccc1. The first-order chi connectivity index (χ1) is 8.68. The van der Waals surface area contributed by atoms with E-state index in [2.05, 4.69) is 10.3 Å². The zero-order valence-electron chi connectivity index (χ0n) is 10.6. The van der Waals surface area contributed by atoms with Gasteiger partial charge in [0.15, 0.2) is 0 Å². The highest BCUT2D eigenvalue weighted by Crippen LogP contribution is 2.18. The van der Waals surface area contributed by atoms with E-state index in [0.717, 1.165) is 11.1 Å². The molecule has 0 saturated carbocycles. The van der Waals surface area contributed by atoms with E-state index in [0.29, 0.717) is 5.82 Å². The van der Waals surface area contributed by atoms with Crippen LogP contribution in [0.3, 0.4) is 0 Å². The lowest BCUT2D eigenvalue weighted by Gasteiger charge is -2.13. The van der Waals surface area contributed by atoms with Gasteiger partial charge in [0, 0.05) is 6.20 Å². The molecule has 1 aromatic heterocycles. The first-order valence-corrected chi connectivity index (χ1v) is 5.96. The van der Waals surface area contributed by atoms with Crippen LogP contribution in [0.1, 0.15) is 24.0 Å². The van der Waals surface area contributed by atoms with E-state index < -0.39 is 0 Å². The monoisotopic (exact) mass is 240 g/mol. The maximum absolute atomic E-state index is 12.1. The van der Waals surface area contributed by atoms with Crippen LogP contribution in [0, 0.1) is 6.92 Å². The molecule has 0 aliphatic carbocycles. The molecular weight excluding hydrogens is 224 g/mol. The molecule has 0 saturated heterocycles. The van der Waals surface area contributed by atoms with Gasteiger partial charge in [0.2, 0.25) is 5.91 Å². The normalized spacial score (nSPS) is 11.9. The first-order valence-electron chi connectivity index (χ1n) is 5.96. The molecule has 1 amide bonds. The Labute approximate surface area is 107 Å². The van der Waals surface area contributed by atoms with Crippen molar-refractivity contribution in [2.45, 2.75) is 19.8 Å². The van der Waals surface area contributed by atoms with Crippen LogP contribution in [0.5, 0.6) is 0 Å². The number of nitrogens with zero attached hydrogens (tertiary/aromatic N) is 1. The second kappa shape index (κ2) is 5.45. The molecule has 2 rings (SSSR count). The summed E-state index contributed by atoms with van der Waals surface area (Å²) in [6.45, 7) is 3.82. The number of benzene rings is 1. The van der Waals surface area contributed by atoms with Crippen molar-refractivity contribution < 1.29 is 4.79 Å². The number of aryl methyl sites for hydroxylation is 1. The molecule has 92 valence electrons. The Morgan fingerprint density at radius 1 is 1.17 bits per heavy atom. The number of rotatable bonds is 3. The van der Waals surface area contributed by atoms with E-state index in [1.807, 2.05) is 56.3 Å². The van der Waals surface area contributed by atoms with E-state index in [1.165, 1.54) is 0 Å². The average molecular weight is 240 g/mol. The van der Waals surface area contributed by atoms with Gasteiger partial charge >= 0.3 is 0 Å². The van der Waals surface area contributed by atoms with Crippen molar-refractivity contribution >= 4 is 11.7 Å². The largest absolute Gasteiger partial charge is 0.310 e. The van der Waals surface area contributed by atoms with Gasteiger partial charge in [-0.1, -0.05) is 36.4 Å². The molecular formula is C15H16N2O. The fraction of sp³-hybridized carbons (Fsp3) is 0.200. The number of nitrogens with one attached hydrogen (secondary N) is 1. The number of anilines is 1. The minimum absolute atomic E-state index is 0.0389. The van der Waals surface area contributed by atoms with Gasteiger partial charge in [-0.05, 0) is 31.0 Å². The summed E-state index contributed by atoms with van der Waals surface area (Å²) in [6.07, 6.45) is 1.68. The van der Waals surface area contributed by atoms with Crippen molar-refractivity contribution in [3.05, 3.63) is 59.8 Å². The molecule has 0 unspecified atom stereocenters. The number of amides is 1. The Hall–Kier alpha value is -2.16. The van der Waals surface area contributed by atoms with E-state index in [-0.39, 0.29) is 11.8 Å². The summed E-state index contributed by atoms with van der Waals surface area (Å²) < 4.78 is 0. The highest BCUT2D eigenvalue weighted by Gasteiger charge is 2.15. The van der Waals surface area contributed by atoms with Crippen LogP contribution in [-0.2, 0) is 4.79 Å². The third-order valence-electron chi connectivity index (χ3n) is 2.94. The lowest BCUT2D eigenvalue weighted by atomic mass is 10.0. The fourth-order valence-corrected chi connectivity index (χ4v) is 1.73. The molecule has 1 heterocycles. The van der Waals surface area contributed by atoms with E-state index in [4.69, 9.17) is 0 Å². The zero-order valence-corrected chi connectivity index (χ0v) is 10.6. The third kappa shape index (κ3) is 2.74. The summed E-state index contributed by atoms with van der Waals surface area (Å²) in [7, 11) is 0. The Morgan fingerprint density at radius 3 is 2.56 bits per heavy atom. The van der Waals surface area contributed by atoms with Crippen LogP contribution in [-0.4, -0.2) is 10.9 Å². The van der Waals surface area contributed by atoms with Crippen LogP contribution in [0.4, 0.5) is 5.82 Å². The third-order valence-corrected chi connectivity index (χ3v) is 2.94. The van der Waals surface area contributed by atoms with Crippen molar-refractivity contribution in [1.29, 1.82) is 0 Å². The number of hydrogen-bond acceptors (Lipinski definition) is 2. The predicted molar refractivity (Wildman–Crippen MR) is 72.5 cm³/mol. The molecule has 0 fully saturated rings. The standard InChI is InChI=1S/C15H16N2O/c1-11-7-6-10-16-14(11)17-15(18)12(2)13-8-4-3-5-9-13/h3-10,12H,1-2H3,(H,16,17,18)/t12-/m1/s1. The molecule has 0 radical (unpaired) electrons. The van der Waals surface area contributed by atoms with Gasteiger partial charge in [-0.25, -0.2) is 4.98 Å². The first kappa shape index (κ1) is 12.3. The Morgan fingerprint density at radius 2 is 1.89 bits per heavy atom. The zero-order chi connectivity index (χ0) is 13.0. The van der Waals surface area contributed by atoms with Crippen molar-refractivity contribution in [2.24, 2.45) is 0 Å². The minimum Gasteiger partial charge on any atom is -0.310 e. The molecule has 18 heavy (non-hydrogen) atoms. The molecule has 0 aliphatic rings. The van der Waals surface area contributed by atoms with Gasteiger partial charge in [-0.15, -0.1) is 0 Å². The van der Waals surface area contributed by atoms with Crippen molar-refractivity contribution in [1.82, 2.24) is 4.98 Å². The lowest BCUT2D eigenvalue weighted by molar-refractivity contribution is -0.117. The number of carbonyl (C=O) groups excluding carboxylic acids is 1. The highest BCUT2D eigenvalue weighted by molar-refractivity contribution is 5.95. The molecule has 0 spiro atoms. The van der Waals surface area contributed by atoms with Crippen molar-refractivity contribution in [3.8, 4) is 0 Å². The second-order valence-electron chi connectivity index (χ2n) is 4.29. The van der Waals surface area contributed by atoms with Crippen LogP contribution in [0.2, 0.25) is 0 Å². The van der Waals surface area contributed by atoms with Gasteiger partial charge < -0.3 is 5.32 Å². The van der Waals surface area contributed by atoms with Crippen LogP contribution in [0.25, 0.3) is 0 Å².